The highest BCUT2D eigenvalue weighted by atomic mass is 32.2. The van der Waals surface area contributed by atoms with E-state index in [4.69, 9.17) is 0 Å². The molecule has 3 rings (SSSR count). The first kappa shape index (κ1) is 18.5. The smallest absolute Gasteiger partial charge is 0.337 e. The molecule has 0 aromatic heterocycles. The van der Waals surface area contributed by atoms with E-state index >= 15 is 0 Å². The van der Waals surface area contributed by atoms with E-state index in [0.29, 0.717) is 5.56 Å². The summed E-state index contributed by atoms with van der Waals surface area (Å²) in [5, 5.41) is 11.9. The van der Waals surface area contributed by atoms with E-state index in [0.717, 1.165) is 10.6 Å². The highest BCUT2D eigenvalue weighted by Gasteiger charge is 2.13. The van der Waals surface area contributed by atoms with E-state index in [-0.39, 0.29) is 17.2 Å². The zero-order valence-electron chi connectivity index (χ0n) is 14.6. The van der Waals surface area contributed by atoms with Gasteiger partial charge in [0.25, 0.3) is 5.91 Å². The number of rotatable bonds is 6. The number of carboxylic acids is 1. The third-order valence-electron chi connectivity index (χ3n) is 3.84. The predicted octanol–water partition coefficient (Wildman–Crippen LogP) is 5.06. The summed E-state index contributed by atoms with van der Waals surface area (Å²) in [5.74, 6) is -1.46. The summed E-state index contributed by atoms with van der Waals surface area (Å²) in [6, 6.07) is 21.5. The number of benzene rings is 3. The summed E-state index contributed by atoms with van der Waals surface area (Å²) < 4.78 is 3.21. The van der Waals surface area contributed by atoms with Crippen LogP contribution < -0.4 is 10.0 Å². The molecule has 3 aromatic rings. The average molecular weight is 378 g/mol. The Labute approximate surface area is 161 Å². The lowest BCUT2D eigenvalue weighted by Crippen LogP contribution is -2.14. The molecule has 0 unspecified atom stereocenters. The van der Waals surface area contributed by atoms with Crippen molar-refractivity contribution in [3.05, 3.63) is 89.5 Å². The van der Waals surface area contributed by atoms with Crippen LogP contribution in [0.25, 0.3) is 0 Å². The number of para-hydroxylation sites is 1. The van der Waals surface area contributed by atoms with Crippen LogP contribution in [0.3, 0.4) is 0 Å². The predicted molar refractivity (Wildman–Crippen MR) is 108 cm³/mol. The molecular formula is C21H18N2O3S. The topological polar surface area (TPSA) is 78.4 Å². The van der Waals surface area contributed by atoms with Crippen molar-refractivity contribution >= 4 is 35.2 Å². The van der Waals surface area contributed by atoms with E-state index in [2.05, 4.69) is 10.0 Å². The number of anilines is 2. The molecule has 0 radical (unpaired) electrons. The lowest BCUT2D eigenvalue weighted by molar-refractivity contribution is 0.0698. The van der Waals surface area contributed by atoms with Crippen LogP contribution in [0.1, 0.15) is 26.3 Å². The fourth-order valence-electron chi connectivity index (χ4n) is 2.42. The molecular weight excluding hydrogens is 360 g/mol. The van der Waals surface area contributed by atoms with Gasteiger partial charge in [-0.3, -0.25) is 4.79 Å². The molecule has 0 atom stereocenters. The minimum atomic E-state index is -1.09. The maximum atomic E-state index is 12.5. The molecule has 3 N–H and O–H groups in total. The van der Waals surface area contributed by atoms with Crippen molar-refractivity contribution in [2.45, 2.75) is 11.8 Å². The van der Waals surface area contributed by atoms with Gasteiger partial charge in [-0.1, -0.05) is 35.9 Å². The van der Waals surface area contributed by atoms with Crippen molar-refractivity contribution < 1.29 is 14.7 Å². The van der Waals surface area contributed by atoms with Crippen molar-refractivity contribution in [2.75, 3.05) is 10.0 Å². The van der Waals surface area contributed by atoms with Crippen LogP contribution in [0.2, 0.25) is 0 Å². The van der Waals surface area contributed by atoms with Gasteiger partial charge in [-0.2, -0.15) is 0 Å². The van der Waals surface area contributed by atoms with Gasteiger partial charge in [0.05, 0.1) is 11.3 Å². The number of carboxylic acid groups (broad SMARTS) is 1. The molecule has 0 heterocycles. The average Bonchev–Trinajstić information content (AvgIpc) is 2.68. The van der Waals surface area contributed by atoms with Crippen molar-refractivity contribution in [2.24, 2.45) is 0 Å². The zero-order chi connectivity index (χ0) is 19.2. The van der Waals surface area contributed by atoms with Gasteiger partial charge >= 0.3 is 5.97 Å². The Morgan fingerprint density at radius 3 is 2.41 bits per heavy atom. The van der Waals surface area contributed by atoms with Crippen molar-refractivity contribution in [1.29, 1.82) is 0 Å². The number of carbonyl (C=O) groups excluding carboxylic acids is 1. The van der Waals surface area contributed by atoms with Gasteiger partial charge < -0.3 is 15.1 Å². The Morgan fingerprint density at radius 2 is 1.67 bits per heavy atom. The summed E-state index contributed by atoms with van der Waals surface area (Å²) in [6.07, 6.45) is 0. The molecule has 0 aliphatic heterocycles. The second-order valence-electron chi connectivity index (χ2n) is 5.90. The maximum absolute atomic E-state index is 12.5. The van der Waals surface area contributed by atoms with Gasteiger partial charge in [-0.05, 0) is 61.3 Å². The standard InChI is InChI=1S/C21H18N2O3S/c1-14-9-11-17(12-10-14)27-23-16-6-4-5-15(13-16)20(24)22-19-8-3-2-7-18(19)21(25)26/h2-13,23H,1H3,(H,22,24)(H,25,26). The monoisotopic (exact) mass is 378 g/mol. The normalized spacial score (nSPS) is 10.3. The lowest BCUT2D eigenvalue weighted by atomic mass is 10.1. The number of amides is 1. The van der Waals surface area contributed by atoms with E-state index in [1.807, 2.05) is 37.3 Å². The molecule has 0 aliphatic rings. The molecule has 0 aliphatic carbocycles. The molecule has 0 fully saturated rings. The Kier molecular flexibility index (Phi) is 5.78. The van der Waals surface area contributed by atoms with Crippen LogP contribution in [0, 0.1) is 6.92 Å². The fourth-order valence-corrected chi connectivity index (χ4v) is 3.06. The van der Waals surface area contributed by atoms with Crippen LogP contribution >= 0.6 is 11.9 Å². The van der Waals surface area contributed by atoms with E-state index in [9.17, 15) is 14.7 Å². The molecule has 1 amide bonds. The fraction of sp³-hybridized carbons (Fsp3) is 0.0476. The molecule has 0 bridgehead atoms. The Hall–Kier alpha value is -3.25. The van der Waals surface area contributed by atoms with E-state index in [1.54, 1.807) is 36.4 Å². The highest BCUT2D eigenvalue weighted by molar-refractivity contribution is 8.00. The summed E-state index contributed by atoms with van der Waals surface area (Å²) in [4.78, 5) is 24.8. The molecule has 27 heavy (non-hydrogen) atoms. The van der Waals surface area contributed by atoms with Gasteiger partial charge in [-0.15, -0.1) is 0 Å². The van der Waals surface area contributed by atoms with Crippen LogP contribution in [-0.2, 0) is 0 Å². The Balaban J connectivity index is 1.70. The quantitative estimate of drug-likeness (QED) is 0.522. The largest absolute Gasteiger partial charge is 0.478 e. The Morgan fingerprint density at radius 1 is 0.926 bits per heavy atom. The van der Waals surface area contributed by atoms with Gasteiger partial charge in [-0.25, -0.2) is 4.79 Å². The third kappa shape index (κ3) is 4.89. The van der Waals surface area contributed by atoms with Crippen molar-refractivity contribution in [3.63, 3.8) is 0 Å². The minimum absolute atomic E-state index is 0.0510. The van der Waals surface area contributed by atoms with Crippen molar-refractivity contribution in [1.82, 2.24) is 0 Å². The maximum Gasteiger partial charge on any atom is 0.337 e. The molecule has 136 valence electrons. The van der Waals surface area contributed by atoms with Crippen LogP contribution in [0.5, 0.6) is 0 Å². The summed E-state index contributed by atoms with van der Waals surface area (Å²) in [6.45, 7) is 2.03. The van der Waals surface area contributed by atoms with E-state index < -0.39 is 5.97 Å². The third-order valence-corrected chi connectivity index (χ3v) is 4.68. The summed E-state index contributed by atoms with van der Waals surface area (Å²) in [7, 11) is 0. The molecule has 0 spiro atoms. The number of aryl methyl sites for hydroxylation is 1. The second-order valence-corrected chi connectivity index (χ2v) is 6.78. The van der Waals surface area contributed by atoms with Gasteiger partial charge in [0.15, 0.2) is 0 Å². The first-order valence-electron chi connectivity index (χ1n) is 8.26. The first-order valence-corrected chi connectivity index (χ1v) is 9.08. The number of hydrogen-bond donors (Lipinski definition) is 3. The minimum Gasteiger partial charge on any atom is -0.478 e. The second kappa shape index (κ2) is 8.42. The van der Waals surface area contributed by atoms with Gasteiger partial charge in [0.1, 0.15) is 0 Å². The highest BCUT2D eigenvalue weighted by Crippen LogP contribution is 2.23. The Bertz CT molecular complexity index is 971. The van der Waals surface area contributed by atoms with E-state index in [1.165, 1.54) is 23.6 Å². The number of carbonyl (C=O) groups is 2. The summed E-state index contributed by atoms with van der Waals surface area (Å²) >= 11 is 1.45. The zero-order valence-corrected chi connectivity index (χ0v) is 15.4. The van der Waals surface area contributed by atoms with Crippen LogP contribution in [-0.4, -0.2) is 17.0 Å². The molecule has 0 saturated heterocycles. The summed E-state index contributed by atoms with van der Waals surface area (Å²) in [5.41, 5.74) is 2.72. The first-order chi connectivity index (χ1) is 13.0. The van der Waals surface area contributed by atoms with Crippen LogP contribution in [0.4, 0.5) is 11.4 Å². The van der Waals surface area contributed by atoms with Crippen molar-refractivity contribution in [3.8, 4) is 0 Å². The van der Waals surface area contributed by atoms with Gasteiger partial charge in [0, 0.05) is 16.1 Å². The number of nitrogens with one attached hydrogen (secondary N) is 2. The van der Waals surface area contributed by atoms with Crippen LogP contribution in [0.15, 0.2) is 77.7 Å². The molecule has 0 saturated carbocycles. The number of hydrogen-bond acceptors (Lipinski definition) is 4. The molecule has 3 aromatic carbocycles. The SMILES string of the molecule is Cc1ccc(SNc2cccc(C(=O)Nc3ccccc3C(=O)O)c2)cc1. The molecule has 6 heteroatoms. The molecule has 5 nitrogen and oxygen atoms in total. The van der Waals surface area contributed by atoms with Gasteiger partial charge in [0.2, 0.25) is 0 Å². The number of aromatic carboxylic acids is 1. The lowest BCUT2D eigenvalue weighted by Gasteiger charge is -2.10.